The predicted octanol–water partition coefficient (Wildman–Crippen LogP) is 2.43. The Hall–Kier alpha value is -1.13. The van der Waals surface area contributed by atoms with Crippen LogP contribution in [0.2, 0.25) is 0 Å². The van der Waals surface area contributed by atoms with E-state index in [1.807, 2.05) is 13.8 Å². The zero-order valence-corrected chi connectivity index (χ0v) is 11.5. The number of methoxy groups -OCH3 is 1. The average Bonchev–Trinajstić information content (AvgIpc) is 2.38. The van der Waals surface area contributed by atoms with Gasteiger partial charge in [0.15, 0.2) is 11.6 Å². The number of benzene rings is 1. The summed E-state index contributed by atoms with van der Waals surface area (Å²) in [5.74, 6) is -0.205. The van der Waals surface area contributed by atoms with Crippen LogP contribution in [0.3, 0.4) is 0 Å². The van der Waals surface area contributed by atoms with Gasteiger partial charge in [0.25, 0.3) is 0 Å². The number of hydrogen-bond donors (Lipinski definition) is 2. The summed E-state index contributed by atoms with van der Waals surface area (Å²) in [6.07, 6.45) is 0.939. The van der Waals surface area contributed by atoms with E-state index in [4.69, 9.17) is 4.74 Å². The highest BCUT2D eigenvalue weighted by Gasteiger charge is 2.27. The molecule has 2 atom stereocenters. The Bertz CT molecular complexity index is 397. The Morgan fingerprint density at radius 1 is 1.50 bits per heavy atom. The van der Waals surface area contributed by atoms with E-state index in [-0.39, 0.29) is 18.4 Å². The molecular formula is C14H22FNO2. The number of aliphatic hydroxyl groups is 1. The van der Waals surface area contributed by atoms with Crippen molar-refractivity contribution in [2.24, 2.45) is 0 Å². The monoisotopic (exact) mass is 255 g/mol. The van der Waals surface area contributed by atoms with Gasteiger partial charge in [-0.05, 0) is 38.0 Å². The molecule has 0 spiro atoms. The van der Waals surface area contributed by atoms with Gasteiger partial charge in [-0.3, -0.25) is 0 Å². The van der Waals surface area contributed by atoms with Crippen molar-refractivity contribution in [3.8, 4) is 5.75 Å². The minimum absolute atomic E-state index is 0.0941. The Kier molecular flexibility index (Phi) is 5.11. The fourth-order valence-electron chi connectivity index (χ4n) is 1.88. The second kappa shape index (κ2) is 6.16. The van der Waals surface area contributed by atoms with Gasteiger partial charge in [-0.25, -0.2) is 4.39 Å². The molecule has 0 aromatic heterocycles. The fraction of sp³-hybridized carbons (Fsp3) is 0.571. The van der Waals surface area contributed by atoms with Crippen molar-refractivity contribution in [3.63, 3.8) is 0 Å². The second-order valence-electron chi connectivity index (χ2n) is 4.79. The highest BCUT2D eigenvalue weighted by Crippen LogP contribution is 2.26. The molecule has 1 rings (SSSR count). The van der Waals surface area contributed by atoms with Gasteiger partial charge in [-0.1, -0.05) is 13.0 Å². The van der Waals surface area contributed by atoms with Crippen LogP contribution < -0.4 is 10.1 Å². The molecule has 2 N–H and O–H groups in total. The van der Waals surface area contributed by atoms with E-state index in [0.29, 0.717) is 5.56 Å². The lowest BCUT2D eigenvalue weighted by Gasteiger charge is -2.32. The summed E-state index contributed by atoms with van der Waals surface area (Å²) >= 11 is 0. The lowest BCUT2D eigenvalue weighted by atomic mass is 9.91. The fourth-order valence-corrected chi connectivity index (χ4v) is 1.88. The van der Waals surface area contributed by atoms with E-state index in [0.717, 1.165) is 6.42 Å². The van der Waals surface area contributed by atoms with E-state index in [9.17, 15) is 9.50 Å². The summed E-state index contributed by atoms with van der Waals surface area (Å²) in [4.78, 5) is 0. The molecule has 102 valence electrons. The smallest absolute Gasteiger partial charge is 0.165 e. The first-order chi connectivity index (χ1) is 8.46. The molecule has 3 nitrogen and oxygen atoms in total. The Morgan fingerprint density at radius 2 is 2.17 bits per heavy atom. The second-order valence-corrected chi connectivity index (χ2v) is 4.79. The number of halogens is 1. The minimum Gasteiger partial charge on any atom is -0.494 e. The Balaban J connectivity index is 3.04. The maximum absolute atomic E-state index is 13.7. The molecule has 4 heteroatoms. The molecule has 2 unspecified atom stereocenters. The van der Waals surface area contributed by atoms with Gasteiger partial charge in [-0.15, -0.1) is 0 Å². The molecule has 0 aliphatic heterocycles. The molecule has 0 heterocycles. The van der Waals surface area contributed by atoms with Crippen LogP contribution in [0.4, 0.5) is 4.39 Å². The average molecular weight is 255 g/mol. The molecule has 0 radical (unpaired) electrons. The van der Waals surface area contributed by atoms with Crippen LogP contribution in [0.25, 0.3) is 0 Å². The van der Waals surface area contributed by atoms with E-state index < -0.39 is 11.4 Å². The van der Waals surface area contributed by atoms with Crippen molar-refractivity contribution in [2.75, 3.05) is 13.7 Å². The third kappa shape index (κ3) is 3.21. The molecule has 0 bridgehead atoms. The maximum Gasteiger partial charge on any atom is 0.165 e. The van der Waals surface area contributed by atoms with Crippen molar-refractivity contribution >= 4 is 0 Å². The standard InChI is InChI=1S/C14H22FNO2/c1-5-10(2)16-14(3,9-17)11-6-7-13(18-4)12(15)8-11/h6-8,10,16-17H,5,9H2,1-4H3. The van der Waals surface area contributed by atoms with E-state index in [2.05, 4.69) is 12.2 Å². The van der Waals surface area contributed by atoms with Crippen LogP contribution in [0.15, 0.2) is 18.2 Å². The summed E-state index contributed by atoms with van der Waals surface area (Å²) in [6, 6.07) is 5.00. The van der Waals surface area contributed by atoms with Gasteiger partial charge in [0.2, 0.25) is 0 Å². The SMILES string of the molecule is CCC(C)NC(C)(CO)c1ccc(OC)c(F)c1. The van der Waals surface area contributed by atoms with Gasteiger partial charge in [-0.2, -0.15) is 0 Å². The van der Waals surface area contributed by atoms with Crippen LogP contribution in [0.5, 0.6) is 5.75 Å². The largest absolute Gasteiger partial charge is 0.494 e. The minimum atomic E-state index is -0.650. The van der Waals surface area contributed by atoms with Crippen LogP contribution in [-0.4, -0.2) is 24.9 Å². The van der Waals surface area contributed by atoms with Gasteiger partial charge < -0.3 is 15.2 Å². The van der Waals surface area contributed by atoms with Gasteiger partial charge in [0.05, 0.1) is 19.3 Å². The first-order valence-electron chi connectivity index (χ1n) is 6.19. The van der Waals surface area contributed by atoms with Gasteiger partial charge in [0, 0.05) is 6.04 Å². The lowest BCUT2D eigenvalue weighted by Crippen LogP contribution is -2.47. The number of hydrogen-bond acceptors (Lipinski definition) is 3. The molecule has 0 aliphatic rings. The third-order valence-corrected chi connectivity index (χ3v) is 3.28. The molecular weight excluding hydrogens is 233 g/mol. The molecule has 1 aromatic carbocycles. The van der Waals surface area contributed by atoms with Crippen LogP contribution in [-0.2, 0) is 5.54 Å². The summed E-state index contributed by atoms with van der Waals surface area (Å²) < 4.78 is 18.6. The molecule has 1 aromatic rings. The zero-order chi connectivity index (χ0) is 13.8. The normalized spacial score (nSPS) is 16.1. The summed E-state index contributed by atoms with van der Waals surface area (Å²) in [7, 11) is 1.43. The van der Waals surface area contributed by atoms with Crippen molar-refractivity contribution in [1.29, 1.82) is 0 Å². The summed E-state index contributed by atoms with van der Waals surface area (Å²) in [6.45, 7) is 5.86. The quantitative estimate of drug-likeness (QED) is 0.820. The number of aliphatic hydroxyl groups excluding tert-OH is 1. The Labute approximate surface area is 108 Å². The molecule has 18 heavy (non-hydrogen) atoms. The van der Waals surface area contributed by atoms with Gasteiger partial charge in [0.1, 0.15) is 0 Å². The third-order valence-electron chi connectivity index (χ3n) is 3.28. The van der Waals surface area contributed by atoms with E-state index in [1.165, 1.54) is 13.2 Å². The van der Waals surface area contributed by atoms with Gasteiger partial charge >= 0.3 is 0 Å². The van der Waals surface area contributed by atoms with Crippen molar-refractivity contribution < 1.29 is 14.2 Å². The summed E-state index contributed by atoms with van der Waals surface area (Å²) in [5.41, 5.74) is 0.0614. The molecule has 0 aliphatic carbocycles. The predicted molar refractivity (Wildman–Crippen MR) is 70.3 cm³/mol. The highest BCUT2D eigenvalue weighted by molar-refractivity contribution is 5.33. The van der Waals surface area contributed by atoms with E-state index >= 15 is 0 Å². The molecule has 0 fully saturated rings. The van der Waals surface area contributed by atoms with Crippen molar-refractivity contribution in [3.05, 3.63) is 29.6 Å². The lowest BCUT2D eigenvalue weighted by molar-refractivity contribution is 0.162. The van der Waals surface area contributed by atoms with Crippen LogP contribution in [0, 0.1) is 5.82 Å². The number of ether oxygens (including phenoxy) is 1. The topological polar surface area (TPSA) is 41.5 Å². The molecule has 0 saturated carbocycles. The van der Waals surface area contributed by atoms with Crippen molar-refractivity contribution in [1.82, 2.24) is 5.32 Å². The Morgan fingerprint density at radius 3 is 2.61 bits per heavy atom. The van der Waals surface area contributed by atoms with Crippen LogP contribution >= 0.6 is 0 Å². The van der Waals surface area contributed by atoms with Crippen LogP contribution in [0.1, 0.15) is 32.8 Å². The van der Waals surface area contributed by atoms with Crippen molar-refractivity contribution in [2.45, 2.75) is 38.8 Å². The number of rotatable bonds is 6. The first kappa shape index (κ1) is 14.9. The molecule has 0 saturated heterocycles. The highest BCUT2D eigenvalue weighted by atomic mass is 19.1. The first-order valence-corrected chi connectivity index (χ1v) is 6.19. The summed E-state index contributed by atoms with van der Waals surface area (Å²) in [5, 5.41) is 12.9. The zero-order valence-electron chi connectivity index (χ0n) is 11.5. The van der Waals surface area contributed by atoms with E-state index in [1.54, 1.807) is 12.1 Å². The maximum atomic E-state index is 13.7. The number of nitrogens with one attached hydrogen (secondary N) is 1. The molecule has 0 amide bonds.